The van der Waals surface area contributed by atoms with Gasteiger partial charge in [0.05, 0.1) is 27.9 Å². The van der Waals surface area contributed by atoms with Crippen LogP contribution in [-0.4, -0.2) is 50.2 Å². The average molecular weight is 508 g/mol. The summed E-state index contributed by atoms with van der Waals surface area (Å²) in [6.07, 6.45) is 2.43. The third kappa shape index (κ3) is 5.51. The molecule has 0 spiro atoms. The topological polar surface area (TPSA) is 114 Å². The van der Waals surface area contributed by atoms with Crippen molar-refractivity contribution in [2.75, 3.05) is 25.0 Å². The van der Waals surface area contributed by atoms with Crippen molar-refractivity contribution < 1.29 is 22.9 Å². The minimum absolute atomic E-state index is 0.156. The summed E-state index contributed by atoms with van der Waals surface area (Å²) >= 11 is 1.40. The van der Waals surface area contributed by atoms with E-state index in [1.165, 1.54) is 44.8 Å². The number of nitrogens with two attached hydrogens (primary N) is 1. The van der Waals surface area contributed by atoms with Crippen molar-refractivity contribution >= 4 is 38.2 Å². The number of thiophene rings is 1. The molecular weight excluding hydrogens is 472 g/mol. The number of fused-ring (bicyclic) bond motifs is 1. The van der Waals surface area contributed by atoms with E-state index in [-0.39, 0.29) is 4.90 Å². The average Bonchev–Trinajstić information content (AvgIpc) is 3.16. The van der Waals surface area contributed by atoms with Crippen molar-refractivity contribution in [1.29, 1.82) is 0 Å². The van der Waals surface area contributed by atoms with Gasteiger partial charge in [0.2, 0.25) is 10.0 Å². The SMILES string of the molecule is CCCCN(CC)S(=O)(=O)c1ccc(C(=O)Nc2sc3c(c2C(N)=O)CC[NH+](C(C)C)C3)cc1. The quantitative estimate of drug-likeness (QED) is 0.458. The molecule has 1 aromatic heterocycles. The molecule has 0 bridgehead atoms. The number of unbranched alkanes of at least 4 members (excludes halogenated alkanes) is 1. The molecule has 1 aromatic carbocycles. The van der Waals surface area contributed by atoms with E-state index in [1.807, 2.05) is 13.8 Å². The molecule has 8 nitrogen and oxygen atoms in total. The van der Waals surface area contributed by atoms with Crippen LogP contribution in [0.25, 0.3) is 0 Å². The number of sulfonamides is 1. The van der Waals surface area contributed by atoms with Crippen LogP contribution in [0.3, 0.4) is 0 Å². The Balaban J connectivity index is 1.81. The molecule has 186 valence electrons. The predicted molar refractivity (Wildman–Crippen MR) is 135 cm³/mol. The van der Waals surface area contributed by atoms with Crippen LogP contribution in [0.15, 0.2) is 29.2 Å². The molecule has 0 saturated heterocycles. The Morgan fingerprint density at radius 3 is 2.44 bits per heavy atom. The summed E-state index contributed by atoms with van der Waals surface area (Å²) in [5.74, 6) is -0.953. The van der Waals surface area contributed by atoms with Crippen LogP contribution in [0.5, 0.6) is 0 Å². The molecule has 3 rings (SSSR count). The van der Waals surface area contributed by atoms with Crippen molar-refractivity contribution in [3.05, 3.63) is 45.8 Å². The Morgan fingerprint density at radius 2 is 1.88 bits per heavy atom. The van der Waals surface area contributed by atoms with Gasteiger partial charge in [-0.15, -0.1) is 11.3 Å². The standard InChI is InChI=1S/C24H34N4O4S2/c1-5-7-13-28(6-2)34(31,32)18-10-8-17(9-11-18)23(30)26-24-21(22(25)29)19-12-14-27(16(3)4)15-20(19)33-24/h8-11,16H,5-7,12-15H2,1-4H3,(H2,25,29)(H,26,30)/p+1. The highest BCUT2D eigenvalue weighted by Gasteiger charge is 2.31. The van der Waals surface area contributed by atoms with Crippen molar-refractivity contribution in [2.24, 2.45) is 5.73 Å². The molecular formula is C24H35N4O4S2+. The molecule has 2 amide bonds. The lowest BCUT2D eigenvalue weighted by Gasteiger charge is -2.27. The minimum Gasteiger partial charge on any atom is -0.365 e. The van der Waals surface area contributed by atoms with Crippen molar-refractivity contribution in [2.45, 2.75) is 64.4 Å². The van der Waals surface area contributed by atoms with Gasteiger partial charge >= 0.3 is 0 Å². The molecule has 0 aliphatic carbocycles. The number of nitrogens with one attached hydrogen (secondary N) is 2. The number of nitrogens with zero attached hydrogens (tertiary/aromatic N) is 1. The fourth-order valence-corrected chi connectivity index (χ4v) is 7.01. The molecule has 1 aliphatic heterocycles. The smallest absolute Gasteiger partial charge is 0.256 e. The molecule has 1 unspecified atom stereocenters. The van der Waals surface area contributed by atoms with Crippen molar-refractivity contribution in [3.8, 4) is 0 Å². The first-order valence-corrected chi connectivity index (χ1v) is 14.1. The van der Waals surface area contributed by atoms with Gasteiger partial charge < -0.3 is 16.0 Å². The second kappa shape index (κ2) is 11.0. The molecule has 1 aliphatic rings. The number of hydrogen-bond donors (Lipinski definition) is 3. The molecule has 2 aromatic rings. The van der Waals surface area contributed by atoms with E-state index < -0.39 is 21.8 Å². The fraction of sp³-hybridized carbons (Fsp3) is 0.500. The first-order chi connectivity index (χ1) is 16.1. The Bertz CT molecular complexity index is 1140. The van der Waals surface area contributed by atoms with Gasteiger partial charge in [0.25, 0.3) is 11.8 Å². The lowest BCUT2D eigenvalue weighted by Crippen LogP contribution is -3.14. The van der Waals surface area contributed by atoms with Gasteiger partial charge in [0, 0.05) is 25.1 Å². The lowest BCUT2D eigenvalue weighted by atomic mass is 10.0. The molecule has 0 radical (unpaired) electrons. The molecule has 2 heterocycles. The normalized spacial score (nSPS) is 16.0. The summed E-state index contributed by atoms with van der Waals surface area (Å²) in [4.78, 5) is 27.8. The number of amides is 2. The van der Waals surface area contributed by atoms with Crippen LogP contribution in [0.4, 0.5) is 5.00 Å². The van der Waals surface area contributed by atoms with E-state index >= 15 is 0 Å². The molecule has 0 fully saturated rings. The van der Waals surface area contributed by atoms with Gasteiger partial charge in [-0.3, -0.25) is 9.59 Å². The number of anilines is 1. The van der Waals surface area contributed by atoms with Crippen LogP contribution in [0.2, 0.25) is 0 Å². The maximum absolute atomic E-state index is 12.9. The van der Waals surface area contributed by atoms with Crippen LogP contribution < -0.4 is 16.0 Å². The number of hydrogen-bond acceptors (Lipinski definition) is 5. The summed E-state index contributed by atoms with van der Waals surface area (Å²) in [5.41, 5.74) is 7.31. The third-order valence-corrected chi connectivity index (χ3v) is 9.47. The molecule has 34 heavy (non-hydrogen) atoms. The highest BCUT2D eigenvalue weighted by molar-refractivity contribution is 7.89. The maximum atomic E-state index is 12.9. The number of primary amides is 1. The third-order valence-electron chi connectivity index (χ3n) is 6.33. The Kier molecular flexibility index (Phi) is 8.51. The zero-order valence-electron chi connectivity index (χ0n) is 20.3. The molecule has 10 heteroatoms. The van der Waals surface area contributed by atoms with Crippen molar-refractivity contribution in [1.82, 2.24) is 4.31 Å². The van der Waals surface area contributed by atoms with E-state index in [0.29, 0.717) is 35.3 Å². The Morgan fingerprint density at radius 1 is 1.21 bits per heavy atom. The van der Waals surface area contributed by atoms with Gasteiger partial charge in [-0.05, 0) is 50.1 Å². The minimum atomic E-state index is -3.62. The van der Waals surface area contributed by atoms with E-state index in [0.717, 1.165) is 42.8 Å². The summed E-state index contributed by atoms with van der Waals surface area (Å²) in [6.45, 7) is 10.7. The highest BCUT2D eigenvalue weighted by Crippen LogP contribution is 2.35. The Hall–Kier alpha value is -2.27. The summed E-state index contributed by atoms with van der Waals surface area (Å²) < 4.78 is 27.3. The second-order valence-corrected chi connectivity index (χ2v) is 11.9. The van der Waals surface area contributed by atoms with E-state index in [1.54, 1.807) is 0 Å². The summed E-state index contributed by atoms with van der Waals surface area (Å²) in [5, 5.41) is 3.30. The first kappa shape index (κ1) is 26.3. The molecule has 0 saturated carbocycles. The summed E-state index contributed by atoms with van der Waals surface area (Å²) in [7, 11) is -3.62. The van der Waals surface area contributed by atoms with Crippen LogP contribution in [-0.2, 0) is 23.0 Å². The van der Waals surface area contributed by atoms with Crippen LogP contribution in [0, 0.1) is 0 Å². The second-order valence-electron chi connectivity index (χ2n) is 8.89. The van der Waals surface area contributed by atoms with Crippen LogP contribution >= 0.6 is 11.3 Å². The molecule has 4 N–H and O–H groups in total. The number of carbonyl (C=O) groups is 2. The largest absolute Gasteiger partial charge is 0.365 e. The highest BCUT2D eigenvalue weighted by atomic mass is 32.2. The van der Waals surface area contributed by atoms with E-state index in [9.17, 15) is 18.0 Å². The van der Waals surface area contributed by atoms with Crippen LogP contribution in [0.1, 0.15) is 71.7 Å². The zero-order chi connectivity index (χ0) is 25.0. The number of carbonyl (C=O) groups excluding carboxylic acids is 2. The maximum Gasteiger partial charge on any atom is 0.256 e. The Labute approximate surface area is 206 Å². The number of quaternary nitrogens is 1. The van der Waals surface area contributed by atoms with Gasteiger partial charge in [-0.1, -0.05) is 20.3 Å². The monoisotopic (exact) mass is 507 g/mol. The molecule has 1 atom stereocenters. The number of rotatable bonds is 10. The van der Waals surface area contributed by atoms with Crippen molar-refractivity contribution in [3.63, 3.8) is 0 Å². The fourth-order valence-electron chi connectivity index (χ4n) is 4.23. The first-order valence-electron chi connectivity index (χ1n) is 11.8. The van der Waals surface area contributed by atoms with Gasteiger partial charge in [0.1, 0.15) is 11.5 Å². The van der Waals surface area contributed by atoms with E-state index in [2.05, 4.69) is 19.2 Å². The summed E-state index contributed by atoms with van der Waals surface area (Å²) in [6, 6.07) is 6.37. The van der Waals surface area contributed by atoms with Gasteiger partial charge in [-0.2, -0.15) is 4.31 Å². The van der Waals surface area contributed by atoms with Gasteiger partial charge in [-0.25, -0.2) is 8.42 Å². The predicted octanol–water partition coefficient (Wildman–Crippen LogP) is 2.26. The van der Waals surface area contributed by atoms with Gasteiger partial charge in [0.15, 0.2) is 0 Å². The zero-order valence-corrected chi connectivity index (χ0v) is 21.9. The lowest BCUT2D eigenvalue weighted by molar-refractivity contribution is -0.936. The van der Waals surface area contributed by atoms with E-state index in [4.69, 9.17) is 5.73 Å². The number of benzene rings is 1.